The fourth-order valence-corrected chi connectivity index (χ4v) is 4.23. The van der Waals surface area contributed by atoms with Gasteiger partial charge in [0.1, 0.15) is 12.1 Å². The third kappa shape index (κ3) is 4.87. The van der Waals surface area contributed by atoms with Crippen molar-refractivity contribution < 1.29 is 9.59 Å². The summed E-state index contributed by atoms with van der Waals surface area (Å²) >= 11 is 0. The predicted octanol–water partition coefficient (Wildman–Crippen LogP) is 2.13. The van der Waals surface area contributed by atoms with Gasteiger partial charge in [-0.1, -0.05) is 17.2 Å². The Morgan fingerprint density at radius 3 is 2.66 bits per heavy atom. The van der Waals surface area contributed by atoms with E-state index in [0.29, 0.717) is 37.5 Å². The Morgan fingerprint density at radius 1 is 1.09 bits per heavy atom. The summed E-state index contributed by atoms with van der Waals surface area (Å²) in [5.41, 5.74) is 3.67. The molecule has 1 aromatic carbocycles. The van der Waals surface area contributed by atoms with E-state index in [1.165, 1.54) is 6.33 Å². The standard InChI is InChI=1S/C23H29N7O2/c1-15-9-16(2)11-19(10-15)22(32)29-8-4-5-18(13-29)21(31)25-7-6-24-20-12-17(3)28-23-26-14-27-30(20)23/h9-12,14,18,24H,4-8,13H2,1-3H3,(H,25,31). The Hall–Kier alpha value is -3.49. The summed E-state index contributed by atoms with van der Waals surface area (Å²) < 4.78 is 1.63. The maximum atomic E-state index is 13.0. The Labute approximate surface area is 187 Å². The molecule has 3 aromatic rings. The lowest BCUT2D eigenvalue weighted by molar-refractivity contribution is -0.126. The fraction of sp³-hybridized carbons (Fsp3) is 0.435. The summed E-state index contributed by atoms with van der Waals surface area (Å²) in [5.74, 6) is 1.11. The first-order valence-corrected chi connectivity index (χ1v) is 11.0. The minimum atomic E-state index is -0.191. The zero-order chi connectivity index (χ0) is 22.7. The summed E-state index contributed by atoms with van der Waals surface area (Å²) in [6, 6.07) is 7.77. The van der Waals surface area contributed by atoms with Gasteiger partial charge in [0.2, 0.25) is 5.91 Å². The minimum Gasteiger partial charge on any atom is -0.368 e. The predicted molar refractivity (Wildman–Crippen MR) is 122 cm³/mol. The van der Waals surface area contributed by atoms with Crippen LogP contribution in [-0.2, 0) is 4.79 Å². The number of benzene rings is 1. The van der Waals surface area contributed by atoms with Crippen LogP contribution in [0.1, 0.15) is 40.0 Å². The van der Waals surface area contributed by atoms with Gasteiger partial charge in [0.15, 0.2) is 0 Å². The zero-order valence-corrected chi connectivity index (χ0v) is 18.8. The number of anilines is 1. The number of piperidine rings is 1. The summed E-state index contributed by atoms with van der Waals surface area (Å²) in [6.07, 6.45) is 3.08. The number of nitrogens with zero attached hydrogens (tertiary/aromatic N) is 5. The van der Waals surface area contributed by atoms with Crippen molar-refractivity contribution in [2.45, 2.75) is 33.6 Å². The van der Waals surface area contributed by atoms with Crippen molar-refractivity contribution in [3.63, 3.8) is 0 Å². The van der Waals surface area contributed by atoms with Crippen LogP contribution < -0.4 is 10.6 Å². The molecule has 2 amide bonds. The molecule has 1 saturated heterocycles. The van der Waals surface area contributed by atoms with E-state index in [1.807, 2.05) is 39.0 Å². The monoisotopic (exact) mass is 435 g/mol. The molecule has 2 aromatic heterocycles. The van der Waals surface area contributed by atoms with Gasteiger partial charge in [-0.3, -0.25) is 9.59 Å². The van der Waals surface area contributed by atoms with Crippen molar-refractivity contribution in [3.05, 3.63) is 53.0 Å². The third-order valence-corrected chi connectivity index (χ3v) is 5.66. The van der Waals surface area contributed by atoms with E-state index in [-0.39, 0.29) is 17.7 Å². The summed E-state index contributed by atoms with van der Waals surface area (Å²) in [6.45, 7) is 8.04. The van der Waals surface area contributed by atoms with Crippen molar-refractivity contribution >= 4 is 23.4 Å². The van der Waals surface area contributed by atoms with E-state index >= 15 is 0 Å². The van der Waals surface area contributed by atoms with Gasteiger partial charge in [-0.15, -0.1) is 0 Å². The molecule has 1 fully saturated rings. The molecule has 32 heavy (non-hydrogen) atoms. The van der Waals surface area contributed by atoms with E-state index < -0.39 is 0 Å². The zero-order valence-electron chi connectivity index (χ0n) is 18.8. The first-order chi connectivity index (χ1) is 15.4. The van der Waals surface area contributed by atoms with Crippen LogP contribution in [0.5, 0.6) is 0 Å². The number of aromatic nitrogens is 4. The molecule has 0 radical (unpaired) electrons. The van der Waals surface area contributed by atoms with Crippen molar-refractivity contribution in [1.82, 2.24) is 29.8 Å². The second-order valence-electron chi connectivity index (χ2n) is 8.44. The number of nitrogens with one attached hydrogen (secondary N) is 2. The van der Waals surface area contributed by atoms with E-state index in [9.17, 15) is 9.59 Å². The highest BCUT2D eigenvalue weighted by molar-refractivity contribution is 5.95. The smallest absolute Gasteiger partial charge is 0.254 e. The van der Waals surface area contributed by atoms with Crippen LogP contribution in [0.2, 0.25) is 0 Å². The van der Waals surface area contributed by atoms with E-state index in [4.69, 9.17) is 0 Å². The molecule has 9 heteroatoms. The molecule has 1 aliphatic heterocycles. The number of amides is 2. The average molecular weight is 436 g/mol. The molecule has 1 aliphatic rings. The minimum absolute atomic E-state index is 0.000808. The Balaban J connectivity index is 1.29. The van der Waals surface area contributed by atoms with Gasteiger partial charge in [-0.25, -0.2) is 4.98 Å². The number of rotatable bonds is 6. The number of carbonyl (C=O) groups excluding carboxylic acids is 2. The van der Waals surface area contributed by atoms with Gasteiger partial charge in [0.05, 0.1) is 5.92 Å². The van der Waals surface area contributed by atoms with Gasteiger partial charge in [-0.2, -0.15) is 14.6 Å². The second-order valence-corrected chi connectivity index (χ2v) is 8.44. The van der Waals surface area contributed by atoms with Crippen LogP contribution in [0, 0.1) is 26.7 Å². The molecule has 2 N–H and O–H groups in total. The largest absolute Gasteiger partial charge is 0.368 e. The van der Waals surface area contributed by atoms with E-state index in [2.05, 4.69) is 31.8 Å². The topological polar surface area (TPSA) is 105 Å². The molecule has 1 unspecified atom stereocenters. The molecule has 0 aliphatic carbocycles. The average Bonchev–Trinajstić information content (AvgIpc) is 3.24. The highest BCUT2D eigenvalue weighted by atomic mass is 16.2. The Kier molecular flexibility index (Phi) is 6.34. The molecular formula is C23H29N7O2. The second kappa shape index (κ2) is 9.33. The maximum absolute atomic E-state index is 13.0. The lowest BCUT2D eigenvalue weighted by atomic mass is 9.96. The number of aryl methyl sites for hydroxylation is 3. The molecule has 0 bridgehead atoms. The van der Waals surface area contributed by atoms with Gasteiger partial charge in [-0.05, 0) is 45.7 Å². The van der Waals surface area contributed by atoms with Crippen molar-refractivity contribution in [2.24, 2.45) is 5.92 Å². The number of fused-ring (bicyclic) bond motifs is 1. The van der Waals surface area contributed by atoms with Crippen molar-refractivity contribution in [3.8, 4) is 0 Å². The van der Waals surface area contributed by atoms with Gasteiger partial charge < -0.3 is 15.5 Å². The lowest BCUT2D eigenvalue weighted by Gasteiger charge is -2.32. The third-order valence-electron chi connectivity index (χ3n) is 5.66. The highest BCUT2D eigenvalue weighted by Crippen LogP contribution is 2.20. The highest BCUT2D eigenvalue weighted by Gasteiger charge is 2.28. The van der Waals surface area contributed by atoms with Gasteiger partial charge >= 0.3 is 0 Å². The number of hydrogen-bond donors (Lipinski definition) is 2. The van der Waals surface area contributed by atoms with Crippen LogP contribution in [-0.4, -0.2) is 62.5 Å². The first-order valence-electron chi connectivity index (χ1n) is 11.0. The molecule has 3 heterocycles. The number of likely N-dealkylation sites (tertiary alicyclic amines) is 1. The molecule has 0 spiro atoms. The van der Waals surface area contributed by atoms with E-state index in [0.717, 1.165) is 35.5 Å². The normalized spacial score (nSPS) is 16.2. The summed E-state index contributed by atoms with van der Waals surface area (Å²) in [5, 5.41) is 10.4. The van der Waals surface area contributed by atoms with E-state index in [1.54, 1.807) is 9.42 Å². The Bertz CT molecular complexity index is 1120. The quantitative estimate of drug-likeness (QED) is 0.575. The van der Waals surface area contributed by atoms with Crippen LogP contribution in [0.15, 0.2) is 30.6 Å². The van der Waals surface area contributed by atoms with Crippen molar-refractivity contribution in [1.29, 1.82) is 0 Å². The lowest BCUT2D eigenvalue weighted by Crippen LogP contribution is -2.46. The summed E-state index contributed by atoms with van der Waals surface area (Å²) in [4.78, 5) is 35.9. The molecular weight excluding hydrogens is 406 g/mol. The molecule has 168 valence electrons. The Morgan fingerprint density at radius 2 is 1.88 bits per heavy atom. The number of carbonyl (C=O) groups is 2. The maximum Gasteiger partial charge on any atom is 0.254 e. The molecule has 4 rings (SSSR count). The molecule has 9 nitrogen and oxygen atoms in total. The van der Waals surface area contributed by atoms with Crippen LogP contribution in [0.25, 0.3) is 5.78 Å². The summed E-state index contributed by atoms with van der Waals surface area (Å²) in [7, 11) is 0. The fourth-order valence-electron chi connectivity index (χ4n) is 4.23. The van der Waals surface area contributed by atoms with Crippen LogP contribution >= 0.6 is 0 Å². The van der Waals surface area contributed by atoms with Crippen LogP contribution in [0.3, 0.4) is 0 Å². The van der Waals surface area contributed by atoms with Crippen LogP contribution in [0.4, 0.5) is 5.82 Å². The molecule has 1 atom stereocenters. The van der Waals surface area contributed by atoms with Gasteiger partial charge in [0, 0.05) is 43.5 Å². The molecule has 0 saturated carbocycles. The van der Waals surface area contributed by atoms with Gasteiger partial charge in [0.25, 0.3) is 11.7 Å². The van der Waals surface area contributed by atoms with Crippen molar-refractivity contribution in [2.75, 3.05) is 31.5 Å². The SMILES string of the molecule is Cc1cc(C)cc(C(=O)N2CCCC(C(=O)NCCNc3cc(C)nc4ncnn34)C2)c1. The number of hydrogen-bond acceptors (Lipinski definition) is 6. The first kappa shape index (κ1) is 21.7.